The molecule has 0 radical (unpaired) electrons. The van der Waals surface area contributed by atoms with Crippen LogP contribution in [0.1, 0.15) is 11.6 Å². The fourth-order valence-electron chi connectivity index (χ4n) is 1.79. The molecule has 0 aliphatic heterocycles. The molecule has 0 amide bonds. The normalized spacial score (nSPS) is 14.8. The highest BCUT2D eigenvalue weighted by Crippen LogP contribution is 2.47. The molecule has 1 rings (SSSR count). The van der Waals surface area contributed by atoms with Gasteiger partial charge in [0.2, 0.25) is 0 Å². The molecule has 0 heterocycles. The van der Waals surface area contributed by atoms with Crippen LogP contribution in [0.25, 0.3) is 0 Å². The van der Waals surface area contributed by atoms with Crippen LogP contribution in [0.15, 0.2) is 24.3 Å². The predicted octanol–water partition coefficient (Wildman–Crippen LogP) is 4.34. The van der Waals surface area contributed by atoms with Crippen molar-refractivity contribution in [2.75, 3.05) is 7.05 Å². The average Bonchev–Trinajstić information content (AvgIpc) is 2.23. The zero-order valence-corrected chi connectivity index (χ0v) is 10.4. The van der Waals surface area contributed by atoms with E-state index in [-0.39, 0.29) is 10.6 Å². The van der Waals surface area contributed by atoms with Crippen molar-refractivity contribution in [3.8, 4) is 0 Å². The van der Waals surface area contributed by atoms with Crippen molar-refractivity contribution in [2.24, 2.45) is 5.92 Å². The maximum absolute atomic E-state index is 12.7. The minimum absolute atomic E-state index is 0.152. The smallest absolute Gasteiger partial charge is 0.312 e. The molecular formula is C11H10ClF6N. The number of rotatable bonds is 3. The molecule has 0 saturated carbocycles. The Kier molecular flexibility index (Phi) is 4.73. The molecule has 8 heteroatoms. The molecule has 19 heavy (non-hydrogen) atoms. The molecule has 0 saturated heterocycles. The summed E-state index contributed by atoms with van der Waals surface area (Å²) >= 11 is 5.67. The molecule has 1 unspecified atom stereocenters. The molecule has 1 nitrogen and oxygen atoms in total. The van der Waals surface area contributed by atoms with Gasteiger partial charge in [-0.15, -0.1) is 0 Å². The van der Waals surface area contributed by atoms with Crippen LogP contribution >= 0.6 is 11.6 Å². The van der Waals surface area contributed by atoms with Crippen molar-refractivity contribution in [3.05, 3.63) is 34.9 Å². The lowest BCUT2D eigenvalue weighted by molar-refractivity contribution is -0.292. The first kappa shape index (κ1) is 16.1. The molecule has 1 N–H and O–H groups in total. The van der Waals surface area contributed by atoms with Gasteiger partial charge in [0.25, 0.3) is 0 Å². The van der Waals surface area contributed by atoms with Gasteiger partial charge < -0.3 is 5.32 Å². The SMILES string of the molecule is CNC(c1ccccc1Cl)C(C(F)(F)F)C(F)(F)F. The molecule has 0 aromatic heterocycles. The average molecular weight is 306 g/mol. The van der Waals surface area contributed by atoms with Crippen LogP contribution in [-0.2, 0) is 0 Å². The van der Waals surface area contributed by atoms with Gasteiger partial charge in [-0.1, -0.05) is 29.8 Å². The van der Waals surface area contributed by atoms with E-state index < -0.39 is 24.3 Å². The Morgan fingerprint density at radius 3 is 1.84 bits per heavy atom. The molecule has 0 aliphatic carbocycles. The van der Waals surface area contributed by atoms with Gasteiger partial charge in [-0.05, 0) is 18.7 Å². The zero-order valence-electron chi connectivity index (χ0n) is 9.61. The van der Waals surface area contributed by atoms with E-state index in [1.807, 2.05) is 5.32 Å². The summed E-state index contributed by atoms with van der Waals surface area (Å²) in [5.41, 5.74) is -0.244. The summed E-state index contributed by atoms with van der Waals surface area (Å²) in [7, 11) is 1.03. The second kappa shape index (κ2) is 5.58. The van der Waals surface area contributed by atoms with Gasteiger partial charge in [0.15, 0.2) is 5.92 Å². The van der Waals surface area contributed by atoms with E-state index in [9.17, 15) is 26.3 Å². The largest absolute Gasteiger partial charge is 0.402 e. The van der Waals surface area contributed by atoms with E-state index in [0.29, 0.717) is 0 Å². The van der Waals surface area contributed by atoms with Gasteiger partial charge in [-0.2, -0.15) is 26.3 Å². The third kappa shape index (κ3) is 3.76. The molecule has 0 spiro atoms. The summed E-state index contributed by atoms with van der Waals surface area (Å²) in [4.78, 5) is 0. The van der Waals surface area contributed by atoms with Gasteiger partial charge >= 0.3 is 12.4 Å². The van der Waals surface area contributed by atoms with Crippen LogP contribution in [-0.4, -0.2) is 19.4 Å². The minimum atomic E-state index is -5.43. The van der Waals surface area contributed by atoms with Crippen molar-refractivity contribution in [1.29, 1.82) is 0 Å². The molecule has 1 aromatic carbocycles. The maximum Gasteiger partial charge on any atom is 0.402 e. The van der Waals surface area contributed by atoms with Crippen LogP contribution in [0.3, 0.4) is 0 Å². The quantitative estimate of drug-likeness (QED) is 0.819. The second-order valence-electron chi connectivity index (χ2n) is 3.85. The van der Waals surface area contributed by atoms with Crippen LogP contribution in [0.5, 0.6) is 0 Å². The van der Waals surface area contributed by atoms with Crippen LogP contribution in [0.2, 0.25) is 5.02 Å². The fourth-order valence-corrected chi connectivity index (χ4v) is 2.05. The third-order valence-electron chi connectivity index (χ3n) is 2.59. The summed E-state index contributed by atoms with van der Waals surface area (Å²) in [6.45, 7) is 0. The van der Waals surface area contributed by atoms with Crippen LogP contribution in [0, 0.1) is 5.92 Å². The minimum Gasteiger partial charge on any atom is -0.312 e. The van der Waals surface area contributed by atoms with Gasteiger partial charge in [-0.25, -0.2) is 0 Å². The Labute approximate surface area is 110 Å². The molecule has 108 valence electrons. The summed E-state index contributed by atoms with van der Waals surface area (Å²) in [5, 5.41) is 1.90. The molecular weight excluding hydrogens is 296 g/mol. The van der Waals surface area contributed by atoms with Crippen LogP contribution in [0.4, 0.5) is 26.3 Å². The van der Waals surface area contributed by atoms with Crippen LogP contribution < -0.4 is 5.32 Å². The number of benzene rings is 1. The van der Waals surface area contributed by atoms with E-state index >= 15 is 0 Å². The summed E-state index contributed by atoms with van der Waals surface area (Å²) in [6.07, 6.45) is -10.9. The van der Waals surface area contributed by atoms with E-state index in [1.54, 1.807) is 0 Å². The van der Waals surface area contributed by atoms with E-state index in [4.69, 9.17) is 11.6 Å². The third-order valence-corrected chi connectivity index (χ3v) is 2.93. The first-order valence-electron chi connectivity index (χ1n) is 5.14. The Bertz CT molecular complexity index is 414. The van der Waals surface area contributed by atoms with Gasteiger partial charge in [-0.3, -0.25) is 0 Å². The van der Waals surface area contributed by atoms with E-state index in [1.165, 1.54) is 18.2 Å². The van der Waals surface area contributed by atoms with Crippen molar-refractivity contribution in [1.82, 2.24) is 5.32 Å². The Morgan fingerprint density at radius 2 is 1.47 bits per heavy atom. The van der Waals surface area contributed by atoms with E-state index in [0.717, 1.165) is 13.1 Å². The summed E-state index contributed by atoms with van der Waals surface area (Å²) in [5.74, 6) is -3.52. The van der Waals surface area contributed by atoms with Gasteiger partial charge in [0.1, 0.15) is 0 Å². The Hall–Kier alpha value is -0.950. The number of hydrogen-bond donors (Lipinski definition) is 1. The predicted molar refractivity (Wildman–Crippen MR) is 58.9 cm³/mol. The lowest BCUT2D eigenvalue weighted by atomic mass is 9.92. The Morgan fingerprint density at radius 1 is 1.00 bits per heavy atom. The molecule has 0 bridgehead atoms. The topological polar surface area (TPSA) is 12.0 Å². The molecule has 1 atom stereocenters. The number of hydrogen-bond acceptors (Lipinski definition) is 1. The number of nitrogens with one attached hydrogen (secondary N) is 1. The lowest BCUT2D eigenvalue weighted by Crippen LogP contribution is -2.45. The molecule has 0 aliphatic rings. The maximum atomic E-state index is 12.7. The first-order chi connectivity index (χ1) is 8.59. The van der Waals surface area contributed by atoms with Crippen molar-refractivity contribution < 1.29 is 26.3 Å². The first-order valence-corrected chi connectivity index (χ1v) is 5.52. The molecule has 1 aromatic rings. The van der Waals surface area contributed by atoms with Gasteiger partial charge in [0.05, 0.1) is 6.04 Å². The second-order valence-corrected chi connectivity index (χ2v) is 4.26. The standard InChI is InChI=1S/C11H10ClF6N/c1-19-8(6-4-2-3-5-7(6)12)9(10(13,14)15)11(16,17)18/h2-5,8-9,19H,1H3. The fraction of sp³-hybridized carbons (Fsp3) is 0.455. The summed E-state index contributed by atoms with van der Waals surface area (Å²) < 4.78 is 76.0. The monoisotopic (exact) mass is 305 g/mol. The zero-order chi connectivity index (χ0) is 14.8. The summed E-state index contributed by atoms with van der Waals surface area (Å²) in [6, 6.07) is 3.14. The Balaban J connectivity index is 3.30. The lowest BCUT2D eigenvalue weighted by Gasteiger charge is -2.31. The highest BCUT2D eigenvalue weighted by molar-refractivity contribution is 6.31. The number of halogens is 7. The van der Waals surface area contributed by atoms with Crippen molar-refractivity contribution >= 4 is 11.6 Å². The van der Waals surface area contributed by atoms with Gasteiger partial charge in [0, 0.05) is 5.02 Å². The highest BCUT2D eigenvalue weighted by atomic mass is 35.5. The van der Waals surface area contributed by atoms with Crippen molar-refractivity contribution in [2.45, 2.75) is 18.4 Å². The van der Waals surface area contributed by atoms with E-state index in [2.05, 4.69) is 0 Å². The molecule has 0 fully saturated rings. The highest BCUT2D eigenvalue weighted by Gasteiger charge is 2.60. The van der Waals surface area contributed by atoms with Crippen molar-refractivity contribution in [3.63, 3.8) is 0 Å². The number of alkyl halides is 6.